The lowest BCUT2D eigenvalue weighted by Gasteiger charge is -2.24. The lowest BCUT2D eigenvalue weighted by atomic mass is 10.2. The van der Waals surface area contributed by atoms with Gasteiger partial charge in [0.2, 0.25) is 10.0 Å². The van der Waals surface area contributed by atoms with Gasteiger partial charge in [-0.25, -0.2) is 17.2 Å². The third-order valence-corrected chi connectivity index (χ3v) is 4.77. The molecule has 0 heterocycles. The third-order valence-electron chi connectivity index (χ3n) is 2.81. The first kappa shape index (κ1) is 17.5. The van der Waals surface area contributed by atoms with Crippen LogP contribution in [0, 0.1) is 0 Å². The predicted octanol–water partition coefficient (Wildman–Crippen LogP) is 2.25. The number of sulfonamides is 1. The summed E-state index contributed by atoms with van der Waals surface area (Å²) in [4.78, 5) is 10.7. The van der Waals surface area contributed by atoms with Crippen LogP contribution in [0.1, 0.15) is 31.4 Å². The Morgan fingerprint density at radius 3 is 2.14 bits per heavy atom. The smallest absolute Gasteiger partial charge is 0.318 e. The van der Waals surface area contributed by atoms with Crippen LogP contribution in [0.5, 0.6) is 0 Å². The van der Waals surface area contributed by atoms with Crippen molar-refractivity contribution in [2.45, 2.75) is 32.1 Å². The van der Waals surface area contributed by atoms with E-state index in [2.05, 4.69) is 0 Å². The molecule has 1 aromatic rings. The molecule has 0 radical (unpaired) electrons. The molecule has 0 aliphatic heterocycles. The number of hydrogen-bond acceptors (Lipinski definition) is 3. The molecule has 0 bridgehead atoms. The maximum Gasteiger partial charge on any atom is 0.318 e. The van der Waals surface area contributed by atoms with Gasteiger partial charge in [-0.05, 0) is 19.4 Å². The van der Waals surface area contributed by atoms with Crippen molar-refractivity contribution >= 4 is 16.0 Å². The molecule has 0 aromatic heterocycles. The number of nitrogens with zero attached hydrogens (tertiary/aromatic N) is 1. The van der Waals surface area contributed by atoms with E-state index in [-0.39, 0.29) is 5.56 Å². The number of alkyl halides is 2. The number of carboxylic acids is 1. The van der Waals surface area contributed by atoms with Crippen LogP contribution in [0.3, 0.4) is 0 Å². The van der Waals surface area contributed by atoms with Gasteiger partial charge in [0.05, 0.1) is 5.75 Å². The fraction of sp³-hybridized carbons (Fsp3) is 0.462. The summed E-state index contributed by atoms with van der Waals surface area (Å²) in [5.41, 5.74) is 0.137. The summed E-state index contributed by atoms with van der Waals surface area (Å²) in [5.74, 6) is -1.68. The van der Waals surface area contributed by atoms with Crippen LogP contribution in [0.2, 0.25) is 0 Å². The average Bonchev–Trinajstić information content (AvgIpc) is 2.35. The van der Waals surface area contributed by atoms with Crippen LogP contribution in [0.4, 0.5) is 8.78 Å². The van der Waals surface area contributed by atoms with E-state index in [1.54, 1.807) is 13.8 Å². The van der Waals surface area contributed by atoms with Gasteiger partial charge in [-0.3, -0.25) is 4.79 Å². The number of halogens is 2. The Morgan fingerprint density at radius 2 is 1.76 bits per heavy atom. The highest BCUT2D eigenvalue weighted by Crippen LogP contribution is 2.20. The first-order valence-corrected chi connectivity index (χ1v) is 7.82. The van der Waals surface area contributed by atoms with Crippen molar-refractivity contribution in [1.82, 2.24) is 4.31 Å². The fourth-order valence-electron chi connectivity index (χ4n) is 1.79. The topological polar surface area (TPSA) is 74.7 Å². The summed E-state index contributed by atoms with van der Waals surface area (Å²) in [7, 11) is -3.84. The molecule has 0 saturated carbocycles. The first-order valence-electron chi connectivity index (χ1n) is 6.22. The van der Waals surface area contributed by atoms with Gasteiger partial charge in [0, 0.05) is 11.6 Å². The summed E-state index contributed by atoms with van der Waals surface area (Å²) in [6.45, 7) is 2.51. The molecule has 118 valence electrons. The van der Waals surface area contributed by atoms with Crippen LogP contribution in [-0.2, 0) is 20.6 Å². The molecular formula is C13H17F2NO4S. The molecular weight excluding hydrogens is 304 g/mol. The molecule has 0 saturated heterocycles. The molecule has 5 nitrogen and oxygen atoms in total. The maximum atomic E-state index is 12.4. The Labute approximate surface area is 122 Å². The Kier molecular flexibility index (Phi) is 5.79. The van der Waals surface area contributed by atoms with E-state index < -0.39 is 40.8 Å². The van der Waals surface area contributed by atoms with Crippen molar-refractivity contribution in [1.29, 1.82) is 0 Å². The first-order chi connectivity index (χ1) is 9.63. The molecule has 0 aliphatic carbocycles. The monoisotopic (exact) mass is 321 g/mol. The zero-order chi connectivity index (χ0) is 16.2. The number of aliphatic carboxylic acids is 1. The highest BCUT2D eigenvalue weighted by Gasteiger charge is 2.27. The van der Waals surface area contributed by atoms with E-state index in [1.165, 1.54) is 12.1 Å². The largest absolute Gasteiger partial charge is 0.480 e. The molecule has 1 rings (SSSR count). The molecule has 0 amide bonds. The second kappa shape index (κ2) is 6.95. The quantitative estimate of drug-likeness (QED) is 0.836. The lowest BCUT2D eigenvalue weighted by Crippen LogP contribution is -2.41. The molecule has 1 N–H and O–H groups in total. The molecule has 0 fully saturated rings. The van der Waals surface area contributed by atoms with Gasteiger partial charge < -0.3 is 5.11 Å². The van der Waals surface area contributed by atoms with Crippen molar-refractivity contribution in [2.75, 3.05) is 6.54 Å². The van der Waals surface area contributed by atoms with E-state index in [1.807, 2.05) is 0 Å². The van der Waals surface area contributed by atoms with Gasteiger partial charge >= 0.3 is 5.97 Å². The molecule has 0 unspecified atom stereocenters. The number of benzene rings is 1. The molecule has 21 heavy (non-hydrogen) atoms. The van der Waals surface area contributed by atoms with Gasteiger partial charge in [0.1, 0.15) is 6.54 Å². The Bertz CT molecular complexity index is 585. The van der Waals surface area contributed by atoms with Gasteiger partial charge in [-0.15, -0.1) is 0 Å². The minimum absolute atomic E-state index is 0.192. The van der Waals surface area contributed by atoms with E-state index in [9.17, 15) is 22.0 Å². The average molecular weight is 321 g/mol. The van der Waals surface area contributed by atoms with Crippen LogP contribution < -0.4 is 0 Å². The van der Waals surface area contributed by atoms with Crippen molar-refractivity contribution in [2.24, 2.45) is 0 Å². The summed E-state index contributed by atoms with van der Waals surface area (Å²) in [6, 6.07) is 4.42. The van der Waals surface area contributed by atoms with E-state index in [0.29, 0.717) is 5.56 Å². The van der Waals surface area contributed by atoms with Gasteiger partial charge in [-0.2, -0.15) is 4.31 Å². The summed E-state index contributed by atoms with van der Waals surface area (Å²) >= 11 is 0. The van der Waals surface area contributed by atoms with Gasteiger partial charge in [0.25, 0.3) is 6.43 Å². The van der Waals surface area contributed by atoms with Crippen LogP contribution in [0.25, 0.3) is 0 Å². The number of carboxylic acid groups (broad SMARTS) is 1. The third kappa shape index (κ3) is 5.05. The van der Waals surface area contributed by atoms with Crippen molar-refractivity contribution in [3.05, 3.63) is 35.4 Å². The Balaban J connectivity index is 2.94. The molecule has 8 heteroatoms. The maximum absolute atomic E-state index is 12.4. The van der Waals surface area contributed by atoms with Crippen LogP contribution >= 0.6 is 0 Å². The minimum atomic E-state index is -3.84. The minimum Gasteiger partial charge on any atom is -0.480 e. The molecule has 0 atom stereocenters. The lowest BCUT2D eigenvalue weighted by molar-refractivity contribution is -0.137. The number of rotatable bonds is 7. The SMILES string of the molecule is CC(C)N(CC(=O)O)S(=O)(=O)Cc1ccc(C(F)F)cc1. The van der Waals surface area contributed by atoms with Crippen molar-refractivity contribution in [3.63, 3.8) is 0 Å². The number of hydrogen-bond donors (Lipinski definition) is 1. The highest BCUT2D eigenvalue weighted by molar-refractivity contribution is 7.88. The van der Waals surface area contributed by atoms with E-state index >= 15 is 0 Å². The summed E-state index contributed by atoms with van der Waals surface area (Å²) in [5, 5.41) is 8.77. The fourth-order valence-corrected chi connectivity index (χ4v) is 3.52. The van der Waals surface area contributed by atoms with Gasteiger partial charge in [-0.1, -0.05) is 24.3 Å². The zero-order valence-electron chi connectivity index (χ0n) is 11.7. The highest BCUT2D eigenvalue weighted by atomic mass is 32.2. The normalized spacial score (nSPS) is 12.3. The summed E-state index contributed by atoms with van der Waals surface area (Å²) in [6.07, 6.45) is -2.62. The summed E-state index contributed by atoms with van der Waals surface area (Å²) < 4.78 is 50.1. The molecule has 0 aliphatic rings. The number of carbonyl (C=O) groups is 1. The van der Waals surface area contributed by atoms with Crippen molar-refractivity contribution in [3.8, 4) is 0 Å². The van der Waals surface area contributed by atoms with Crippen molar-refractivity contribution < 1.29 is 27.1 Å². The second-order valence-corrected chi connectivity index (χ2v) is 6.75. The Morgan fingerprint density at radius 1 is 1.24 bits per heavy atom. The Hall–Kier alpha value is -1.54. The van der Waals surface area contributed by atoms with Gasteiger partial charge in [0.15, 0.2) is 0 Å². The second-order valence-electron chi connectivity index (χ2n) is 4.83. The molecule has 1 aromatic carbocycles. The van der Waals surface area contributed by atoms with E-state index in [0.717, 1.165) is 16.4 Å². The van der Waals surface area contributed by atoms with E-state index in [4.69, 9.17) is 5.11 Å². The van der Waals surface area contributed by atoms with Crippen LogP contribution in [-0.4, -0.2) is 36.4 Å². The predicted molar refractivity (Wildman–Crippen MR) is 73.5 cm³/mol. The van der Waals surface area contributed by atoms with Crippen LogP contribution in [0.15, 0.2) is 24.3 Å². The zero-order valence-corrected chi connectivity index (χ0v) is 12.5. The standard InChI is InChI=1S/C13H17F2NO4S/c1-9(2)16(7-12(17)18)21(19,20)8-10-3-5-11(6-4-10)13(14)15/h3-6,9,13H,7-8H2,1-2H3,(H,17,18). The molecule has 0 spiro atoms.